The third-order valence-electron chi connectivity index (χ3n) is 4.01. The number of aryl methyl sites for hydroxylation is 1. The Hall–Kier alpha value is -1.18. The van der Waals surface area contributed by atoms with Gasteiger partial charge in [-0.05, 0) is 39.0 Å². The summed E-state index contributed by atoms with van der Waals surface area (Å²) < 4.78 is 1.77. The molecule has 0 saturated heterocycles. The number of fused-ring (bicyclic) bond motifs is 1. The second-order valence-corrected chi connectivity index (χ2v) is 7.73. The third kappa shape index (κ3) is 3.84. The molecule has 5 nitrogen and oxygen atoms in total. The average molecular weight is 351 g/mol. The lowest BCUT2D eigenvalue weighted by molar-refractivity contribution is 0.277. The van der Waals surface area contributed by atoms with Crippen molar-refractivity contribution in [2.45, 2.75) is 56.4 Å². The van der Waals surface area contributed by atoms with Crippen LogP contribution in [-0.2, 0) is 25.1 Å². The summed E-state index contributed by atoms with van der Waals surface area (Å²) in [5.41, 5.74) is 3.22. The van der Waals surface area contributed by atoms with Gasteiger partial charge >= 0.3 is 5.69 Å². The molecule has 1 aliphatic rings. The summed E-state index contributed by atoms with van der Waals surface area (Å²) in [6.45, 7) is 2.66. The minimum Gasteiger partial charge on any atom is -0.396 e. The number of aliphatic hydroxyl groups excluding tert-OH is 1. The SMILES string of the molecule is Cc1nc(CSc2nc(=O)n(CCCO)c3c2CCCC3)cs1. The summed E-state index contributed by atoms with van der Waals surface area (Å²) in [7, 11) is 0. The molecular formula is C16H21N3O2S2. The summed E-state index contributed by atoms with van der Waals surface area (Å²) in [5, 5.41) is 13.0. The fourth-order valence-corrected chi connectivity index (χ4v) is 4.63. The van der Waals surface area contributed by atoms with E-state index in [-0.39, 0.29) is 12.3 Å². The Morgan fingerprint density at radius 2 is 2.17 bits per heavy atom. The van der Waals surface area contributed by atoms with E-state index in [1.54, 1.807) is 27.7 Å². The minimum absolute atomic E-state index is 0.0981. The van der Waals surface area contributed by atoms with Gasteiger partial charge in [-0.1, -0.05) is 11.8 Å². The molecule has 3 rings (SSSR count). The first kappa shape index (κ1) is 16.7. The molecule has 0 aromatic carbocycles. The summed E-state index contributed by atoms with van der Waals surface area (Å²) in [4.78, 5) is 21.2. The van der Waals surface area contributed by atoms with Crippen LogP contribution < -0.4 is 5.69 Å². The number of rotatable bonds is 6. The van der Waals surface area contributed by atoms with Gasteiger partial charge in [0.2, 0.25) is 0 Å². The maximum absolute atomic E-state index is 12.4. The lowest BCUT2D eigenvalue weighted by Crippen LogP contribution is -2.30. The van der Waals surface area contributed by atoms with Crippen LogP contribution >= 0.6 is 23.1 Å². The molecule has 0 bridgehead atoms. The average Bonchev–Trinajstić information content (AvgIpc) is 2.97. The van der Waals surface area contributed by atoms with Crippen LogP contribution in [0.4, 0.5) is 0 Å². The van der Waals surface area contributed by atoms with E-state index in [0.717, 1.165) is 52.9 Å². The van der Waals surface area contributed by atoms with Gasteiger partial charge in [0.1, 0.15) is 5.03 Å². The van der Waals surface area contributed by atoms with Gasteiger partial charge in [0.25, 0.3) is 0 Å². The summed E-state index contributed by atoms with van der Waals surface area (Å²) in [5.74, 6) is 0.754. The highest BCUT2D eigenvalue weighted by Crippen LogP contribution is 2.30. The predicted molar refractivity (Wildman–Crippen MR) is 93.3 cm³/mol. The predicted octanol–water partition coefficient (Wildman–Crippen LogP) is 2.56. The Morgan fingerprint density at radius 3 is 2.91 bits per heavy atom. The van der Waals surface area contributed by atoms with E-state index in [1.807, 2.05) is 6.92 Å². The number of hydrogen-bond acceptors (Lipinski definition) is 6. The van der Waals surface area contributed by atoms with Crippen LogP contribution in [0.1, 0.15) is 41.2 Å². The molecule has 0 fully saturated rings. The molecule has 2 aromatic rings. The van der Waals surface area contributed by atoms with Crippen LogP contribution in [0.2, 0.25) is 0 Å². The highest BCUT2D eigenvalue weighted by atomic mass is 32.2. The van der Waals surface area contributed by atoms with Gasteiger partial charge < -0.3 is 5.11 Å². The molecule has 1 N–H and O–H groups in total. The number of nitrogens with zero attached hydrogens (tertiary/aromatic N) is 3. The monoisotopic (exact) mass is 351 g/mol. The molecule has 1 aliphatic carbocycles. The molecule has 23 heavy (non-hydrogen) atoms. The number of aliphatic hydroxyl groups is 1. The first-order chi connectivity index (χ1) is 11.2. The maximum atomic E-state index is 12.4. The van der Waals surface area contributed by atoms with Crippen molar-refractivity contribution in [1.82, 2.24) is 14.5 Å². The third-order valence-corrected chi connectivity index (χ3v) is 5.89. The van der Waals surface area contributed by atoms with Crippen molar-refractivity contribution in [3.05, 3.63) is 37.8 Å². The normalized spacial score (nSPS) is 14.0. The van der Waals surface area contributed by atoms with Gasteiger partial charge in [-0.2, -0.15) is 4.98 Å². The number of thiazole rings is 1. The maximum Gasteiger partial charge on any atom is 0.348 e. The molecule has 7 heteroatoms. The van der Waals surface area contributed by atoms with Crippen LogP contribution in [-0.4, -0.2) is 26.2 Å². The van der Waals surface area contributed by atoms with Crippen LogP contribution in [0, 0.1) is 6.92 Å². The van der Waals surface area contributed by atoms with Crippen molar-refractivity contribution < 1.29 is 5.11 Å². The molecule has 0 amide bonds. The first-order valence-electron chi connectivity index (χ1n) is 7.96. The number of hydrogen-bond donors (Lipinski definition) is 1. The lowest BCUT2D eigenvalue weighted by atomic mass is 9.97. The molecule has 124 valence electrons. The Morgan fingerprint density at radius 1 is 1.35 bits per heavy atom. The summed E-state index contributed by atoms with van der Waals surface area (Å²) in [6.07, 6.45) is 4.78. The molecule has 0 atom stereocenters. The molecule has 2 heterocycles. The molecule has 2 aromatic heterocycles. The van der Waals surface area contributed by atoms with Crippen molar-refractivity contribution in [1.29, 1.82) is 0 Å². The van der Waals surface area contributed by atoms with E-state index in [1.165, 1.54) is 5.56 Å². The standard InChI is InChI=1S/C16H21N3O2S2/c1-11-17-12(9-22-11)10-23-15-13-5-2-3-6-14(13)19(7-4-8-20)16(21)18-15/h9,20H,2-8,10H2,1H3. The molecule has 0 saturated carbocycles. The Balaban J connectivity index is 1.88. The number of thioether (sulfide) groups is 1. The Labute approximate surface area is 143 Å². The van der Waals surface area contributed by atoms with Crippen molar-refractivity contribution in [3.8, 4) is 0 Å². The van der Waals surface area contributed by atoms with Crippen molar-refractivity contribution in [2.75, 3.05) is 6.61 Å². The quantitative estimate of drug-likeness (QED) is 0.640. The second kappa shape index (κ2) is 7.59. The van der Waals surface area contributed by atoms with Gasteiger partial charge in [0, 0.05) is 35.5 Å². The zero-order valence-corrected chi connectivity index (χ0v) is 14.9. The van der Waals surface area contributed by atoms with Gasteiger partial charge in [-0.3, -0.25) is 4.57 Å². The van der Waals surface area contributed by atoms with Crippen LogP contribution in [0.5, 0.6) is 0 Å². The van der Waals surface area contributed by atoms with Gasteiger partial charge in [0.05, 0.1) is 10.7 Å². The van der Waals surface area contributed by atoms with Gasteiger partial charge in [0.15, 0.2) is 0 Å². The Kier molecular flexibility index (Phi) is 5.50. The Bertz CT molecular complexity index is 739. The molecule has 0 spiro atoms. The zero-order chi connectivity index (χ0) is 16.2. The van der Waals surface area contributed by atoms with Crippen LogP contribution in [0.15, 0.2) is 15.2 Å². The van der Waals surface area contributed by atoms with E-state index >= 15 is 0 Å². The second-order valence-electron chi connectivity index (χ2n) is 5.71. The smallest absolute Gasteiger partial charge is 0.348 e. The highest BCUT2D eigenvalue weighted by Gasteiger charge is 2.20. The first-order valence-corrected chi connectivity index (χ1v) is 9.83. The molecular weight excluding hydrogens is 330 g/mol. The fourth-order valence-electron chi connectivity index (χ4n) is 2.94. The highest BCUT2D eigenvalue weighted by molar-refractivity contribution is 7.98. The zero-order valence-electron chi connectivity index (χ0n) is 13.2. The van der Waals surface area contributed by atoms with E-state index in [0.29, 0.717) is 13.0 Å². The van der Waals surface area contributed by atoms with Crippen molar-refractivity contribution in [2.24, 2.45) is 0 Å². The summed E-state index contributed by atoms with van der Waals surface area (Å²) >= 11 is 3.27. The van der Waals surface area contributed by atoms with Gasteiger partial charge in [-0.15, -0.1) is 11.3 Å². The molecule has 0 unspecified atom stereocenters. The van der Waals surface area contributed by atoms with E-state index in [2.05, 4.69) is 15.3 Å². The largest absolute Gasteiger partial charge is 0.396 e. The van der Waals surface area contributed by atoms with E-state index < -0.39 is 0 Å². The van der Waals surface area contributed by atoms with E-state index in [4.69, 9.17) is 5.11 Å². The fraction of sp³-hybridized carbons (Fsp3) is 0.562. The molecule has 0 aliphatic heterocycles. The van der Waals surface area contributed by atoms with Crippen molar-refractivity contribution >= 4 is 23.1 Å². The van der Waals surface area contributed by atoms with Crippen LogP contribution in [0.3, 0.4) is 0 Å². The van der Waals surface area contributed by atoms with E-state index in [9.17, 15) is 4.79 Å². The van der Waals surface area contributed by atoms with Crippen molar-refractivity contribution in [3.63, 3.8) is 0 Å². The van der Waals surface area contributed by atoms with Crippen LogP contribution in [0.25, 0.3) is 0 Å². The summed E-state index contributed by atoms with van der Waals surface area (Å²) in [6, 6.07) is 0. The lowest BCUT2D eigenvalue weighted by Gasteiger charge is -2.22. The molecule has 0 radical (unpaired) electrons. The van der Waals surface area contributed by atoms with Gasteiger partial charge in [-0.25, -0.2) is 9.78 Å². The topological polar surface area (TPSA) is 68.0 Å². The number of aromatic nitrogens is 3. The minimum atomic E-state index is -0.184.